The number of nitrogens with zero attached hydrogens (tertiary/aromatic N) is 2. The number of anilines is 1. The maximum atomic E-state index is 13.5. The van der Waals surface area contributed by atoms with Crippen LogP contribution in [0, 0.1) is 6.92 Å². The monoisotopic (exact) mass is 557 g/mol. The molecule has 39 heavy (non-hydrogen) atoms. The number of rotatable bonds is 11. The van der Waals surface area contributed by atoms with Gasteiger partial charge in [-0.25, -0.2) is 8.42 Å². The molecule has 2 aromatic rings. The predicted molar refractivity (Wildman–Crippen MR) is 150 cm³/mol. The number of benzene rings is 2. The van der Waals surface area contributed by atoms with Gasteiger partial charge in [0.05, 0.1) is 11.9 Å². The number of amides is 2. The number of hydrogen-bond donors (Lipinski definition) is 1. The van der Waals surface area contributed by atoms with Crippen molar-refractivity contribution < 1.29 is 27.5 Å². The van der Waals surface area contributed by atoms with Crippen molar-refractivity contribution in [1.29, 1.82) is 0 Å². The van der Waals surface area contributed by atoms with Crippen LogP contribution in [0.5, 0.6) is 11.5 Å². The minimum atomic E-state index is -3.61. The van der Waals surface area contributed by atoms with Crippen LogP contribution >= 0.6 is 0 Å². The van der Waals surface area contributed by atoms with Crippen molar-refractivity contribution in [2.45, 2.75) is 71.0 Å². The third kappa shape index (κ3) is 7.65. The SMILES string of the molecule is Cc1ccc(CN(C(=O)CCCN(c2ccc3c(c2)OCCO3)S(C)(=O)=O)[C@H](C)C(=O)NC2CCCC2)cc1. The van der Waals surface area contributed by atoms with Gasteiger partial charge in [-0.2, -0.15) is 0 Å². The lowest BCUT2D eigenvalue weighted by molar-refractivity contribution is -0.141. The van der Waals surface area contributed by atoms with Gasteiger partial charge < -0.3 is 19.7 Å². The van der Waals surface area contributed by atoms with Crippen molar-refractivity contribution in [2.24, 2.45) is 0 Å². The maximum absolute atomic E-state index is 13.5. The van der Waals surface area contributed by atoms with Crippen LogP contribution in [-0.4, -0.2) is 63.2 Å². The highest BCUT2D eigenvalue weighted by atomic mass is 32.2. The number of nitrogens with one attached hydrogen (secondary N) is 1. The van der Waals surface area contributed by atoms with Crippen molar-refractivity contribution in [1.82, 2.24) is 10.2 Å². The summed E-state index contributed by atoms with van der Waals surface area (Å²) in [5.74, 6) is 0.719. The molecule has 0 spiro atoms. The van der Waals surface area contributed by atoms with Crippen LogP contribution in [0.3, 0.4) is 0 Å². The molecule has 0 radical (unpaired) electrons. The Kier molecular flexibility index (Phi) is 9.37. The summed E-state index contributed by atoms with van der Waals surface area (Å²) in [6, 6.07) is 12.4. The summed E-state index contributed by atoms with van der Waals surface area (Å²) >= 11 is 0. The molecule has 1 atom stereocenters. The first-order valence-electron chi connectivity index (χ1n) is 13.6. The van der Waals surface area contributed by atoms with E-state index in [1.165, 1.54) is 4.31 Å². The third-order valence-corrected chi connectivity index (χ3v) is 8.50. The van der Waals surface area contributed by atoms with Crippen LogP contribution < -0.4 is 19.1 Å². The molecule has 0 bridgehead atoms. The van der Waals surface area contributed by atoms with Crippen LogP contribution in [0.4, 0.5) is 5.69 Å². The molecule has 4 rings (SSSR count). The molecule has 10 heteroatoms. The van der Waals surface area contributed by atoms with Gasteiger partial charge in [-0.15, -0.1) is 0 Å². The Bertz CT molecular complexity index is 1260. The number of fused-ring (bicyclic) bond motifs is 1. The molecule has 2 amide bonds. The number of sulfonamides is 1. The van der Waals surface area contributed by atoms with Gasteiger partial charge in [-0.05, 0) is 50.8 Å². The van der Waals surface area contributed by atoms with E-state index in [4.69, 9.17) is 9.47 Å². The zero-order valence-corrected chi connectivity index (χ0v) is 23.8. The van der Waals surface area contributed by atoms with E-state index in [1.807, 2.05) is 31.2 Å². The fourth-order valence-corrected chi connectivity index (χ4v) is 6.01. The average molecular weight is 558 g/mol. The van der Waals surface area contributed by atoms with E-state index in [1.54, 1.807) is 30.0 Å². The Balaban J connectivity index is 1.45. The lowest BCUT2D eigenvalue weighted by Crippen LogP contribution is -2.49. The van der Waals surface area contributed by atoms with E-state index >= 15 is 0 Å². The summed E-state index contributed by atoms with van der Waals surface area (Å²) in [7, 11) is -3.61. The van der Waals surface area contributed by atoms with E-state index in [2.05, 4.69) is 5.32 Å². The number of carbonyl (C=O) groups excluding carboxylic acids is 2. The Labute approximate surface area is 231 Å². The molecule has 0 aromatic heterocycles. The van der Waals surface area contributed by atoms with Crippen LogP contribution in [0.2, 0.25) is 0 Å². The Hall–Kier alpha value is -3.27. The number of hydrogen-bond acceptors (Lipinski definition) is 6. The zero-order chi connectivity index (χ0) is 28.0. The molecule has 1 N–H and O–H groups in total. The number of carbonyl (C=O) groups is 2. The van der Waals surface area contributed by atoms with Crippen LogP contribution in [0.15, 0.2) is 42.5 Å². The van der Waals surface area contributed by atoms with E-state index in [0.29, 0.717) is 43.4 Å². The quantitative estimate of drug-likeness (QED) is 0.451. The fraction of sp³-hybridized carbons (Fsp3) is 0.517. The first kappa shape index (κ1) is 28.7. The lowest BCUT2D eigenvalue weighted by Gasteiger charge is -2.30. The molecular weight excluding hydrogens is 518 g/mol. The molecule has 0 saturated heterocycles. The van der Waals surface area contributed by atoms with E-state index < -0.39 is 16.1 Å². The van der Waals surface area contributed by atoms with Crippen molar-refractivity contribution in [3.63, 3.8) is 0 Å². The van der Waals surface area contributed by atoms with Gasteiger partial charge in [0.15, 0.2) is 11.5 Å². The first-order chi connectivity index (χ1) is 18.6. The van der Waals surface area contributed by atoms with Gasteiger partial charge in [0.2, 0.25) is 21.8 Å². The first-order valence-corrected chi connectivity index (χ1v) is 15.5. The maximum Gasteiger partial charge on any atom is 0.242 e. The van der Waals surface area contributed by atoms with Gasteiger partial charge in [-0.3, -0.25) is 13.9 Å². The summed E-state index contributed by atoms with van der Waals surface area (Å²) in [6.45, 7) is 5.02. The molecule has 0 unspecified atom stereocenters. The van der Waals surface area contributed by atoms with Crippen molar-refractivity contribution in [2.75, 3.05) is 30.3 Å². The molecule has 2 aromatic carbocycles. The van der Waals surface area contributed by atoms with Gasteiger partial charge >= 0.3 is 0 Å². The molecule has 1 heterocycles. The standard InChI is InChI=1S/C29H39N3O6S/c1-21-10-12-23(13-11-21)20-31(22(2)29(34)30-24-7-4-5-8-24)28(33)9-6-16-32(39(3,35)36)25-14-15-26-27(19-25)38-18-17-37-26/h10-15,19,22,24H,4-9,16-18,20H2,1-3H3,(H,30,34)/t22-/m1/s1. The lowest BCUT2D eigenvalue weighted by atomic mass is 10.1. The minimum Gasteiger partial charge on any atom is -0.486 e. The number of ether oxygens (including phenoxy) is 2. The topological polar surface area (TPSA) is 105 Å². The van der Waals surface area contributed by atoms with Crippen LogP contribution in [0.1, 0.15) is 56.6 Å². The van der Waals surface area contributed by atoms with Gasteiger partial charge in [-0.1, -0.05) is 42.7 Å². The van der Waals surface area contributed by atoms with Gasteiger partial charge in [0.1, 0.15) is 19.3 Å². The average Bonchev–Trinajstić information content (AvgIpc) is 3.42. The molecule has 9 nitrogen and oxygen atoms in total. The Morgan fingerprint density at radius 2 is 1.69 bits per heavy atom. The molecule has 2 aliphatic rings. The van der Waals surface area contributed by atoms with E-state index in [0.717, 1.165) is 43.1 Å². The normalized spacial score (nSPS) is 16.0. The third-order valence-electron chi connectivity index (χ3n) is 7.31. The highest BCUT2D eigenvalue weighted by Crippen LogP contribution is 2.34. The minimum absolute atomic E-state index is 0.101. The van der Waals surface area contributed by atoms with Crippen LogP contribution in [0.25, 0.3) is 0 Å². The number of aryl methyl sites for hydroxylation is 1. The van der Waals surface area contributed by atoms with Gasteiger partial charge in [0, 0.05) is 31.6 Å². The zero-order valence-electron chi connectivity index (χ0n) is 23.0. The summed E-state index contributed by atoms with van der Waals surface area (Å²) in [6.07, 6.45) is 5.67. The molecule has 212 valence electrons. The van der Waals surface area contributed by atoms with E-state index in [9.17, 15) is 18.0 Å². The second-order valence-electron chi connectivity index (χ2n) is 10.4. The van der Waals surface area contributed by atoms with Crippen LogP contribution in [-0.2, 0) is 26.2 Å². The molecular formula is C29H39N3O6S. The van der Waals surface area contributed by atoms with E-state index in [-0.39, 0.29) is 30.8 Å². The van der Waals surface area contributed by atoms with Crippen molar-refractivity contribution >= 4 is 27.5 Å². The summed E-state index contributed by atoms with van der Waals surface area (Å²) in [5.41, 5.74) is 2.50. The highest BCUT2D eigenvalue weighted by Gasteiger charge is 2.29. The second-order valence-corrected chi connectivity index (χ2v) is 12.3. The smallest absolute Gasteiger partial charge is 0.242 e. The highest BCUT2D eigenvalue weighted by molar-refractivity contribution is 7.92. The summed E-state index contributed by atoms with van der Waals surface area (Å²) in [4.78, 5) is 28.2. The summed E-state index contributed by atoms with van der Waals surface area (Å²) in [5, 5.41) is 3.11. The predicted octanol–water partition coefficient (Wildman–Crippen LogP) is 3.79. The molecule has 1 fully saturated rings. The Morgan fingerprint density at radius 3 is 2.36 bits per heavy atom. The Morgan fingerprint density at radius 1 is 1.03 bits per heavy atom. The van der Waals surface area contributed by atoms with Gasteiger partial charge in [0.25, 0.3) is 0 Å². The van der Waals surface area contributed by atoms with Crippen molar-refractivity contribution in [3.8, 4) is 11.5 Å². The fourth-order valence-electron chi connectivity index (χ4n) is 5.06. The molecule has 1 aliphatic heterocycles. The second kappa shape index (κ2) is 12.7. The molecule has 1 aliphatic carbocycles. The van der Waals surface area contributed by atoms with Crippen molar-refractivity contribution in [3.05, 3.63) is 53.6 Å². The molecule has 1 saturated carbocycles. The largest absolute Gasteiger partial charge is 0.486 e. The summed E-state index contributed by atoms with van der Waals surface area (Å²) < 4.78 is 37.7.